The van der Waals surface area contributed by atoms with E-state index in [1.165, 1.54) is 0 Å². The summed E-state index contributed by atoms with van der Waals surface area (Å²) in [6.45, 7) is 0.273. The molecule has 2 rings (SSSR count). The van der Waals surface area contributed by atoms with E-state index in [0.717, 1.165) is 5.82 Å². The number of hydrogen-bond donors (Lipinski definition) is 1. The Balaban J connectivity index is 2.41. The Labute approximate surface area is 64.2 Å². The van der Waals surface area contributed by atoms with E-state index in [9.17, 15) is 0 Å². The molecule has 4 nitrogen and oxygen atoms in total. The van der Waals surface area contributed by atoms with E-state index in [0.29, 0.717) is 11.6 Å². The van der Waals surface area contributed by atoms with Crippen molar-refractivity contribution in [3.05, 3.63) is 12.1 Å². The molecule has 0 bridgehead atoms. The zero-order chi connectivity index (χ0) is 7.68. The smallest absolute Gasteiger partial charge is 0.262 e. The number of nitrogens with one attached hydrogen (secondary N) is 1. The average Bonchev–Trinajstić information content (AvgIpc) is 2.50. The Morgan fingerprint density at radius 2 is 2.36 bits per heavy atom. The minimum Gasteiger partial charge on any atom is -0.452 e. The number of aromatic nitrogens is 1. The molecule has 0 saturated carbocycles. The van der Waals surface area contributed by atoms with E-state index >= 15 is 0 Å². The van der Waals surface area contributed by atoms with E-state index in [2.05, 4.69) is 10.3 Å². The molecule has 0 aliphatic carbocycles. The third-order valence-electron chi connectivity index (χ3n) is 1.49. The summed E-state index contributed by atoms with van der Waals surface area (Å²) in [5.41, 5.74) is 0. The first-order valence-corrected chi connectivity index (χ1v) is 3.34. The second kappa shape index (κ2) is 2.30. The van der Waals surface area contributed by atoms with Crippen LogP contribution in [0.3, 0.4) is 0 Å². The molecule has 0 amide bonds. The van der Waals surface area contributed by atoms with Gasteiger partial charge >= 0.3 is 0 Å². The molecule has 0 spiro atoms. The fourth-order valence-electron chi connectivity index (χ4n) is 0.929. The first kappa shape index (κ1) is 6.27. The van der Waals surface area contributed by atoms with Gasteiger partial charge in [0.2, 0.25) is 6.79 Å². The van der Waals surface area contributed by atoms with Gasteiger partial charge in [-0.1, -0.05) is 0 Å². The Hall–Kier alpha value is -1.45. The van der Waals surface area contributed by atoms with Gasteiger partial charge < -0.3 is 14.8 Å². The molecule has 0 fully saturated rings. The van der Waals surface area contributed by atoms with Crippen molar-refractivity contribution in [3.63, 3.8) is 0 Å². The molecule has 1 aliphatic rings. The maximum absolute atomic E-state index is 5.09. The summed E-state index contributed by atoms with van der Waals surface area (Å²) in [5, 5.41) is 2.91. The quantitative estimate of drug-likeness (QED) is 0.648. The van der Waals surface area contributed by atoms with Crippen LogP contribution >= 0.6 is 0 Å². The lowest BCUT2D eigenvalue weighted by molar-refractivity contribution is 0.171. The Morgan fingerprint density at radius 3 is 3.18 bits per heavy atom. The molecule has 0 aromatic carbocycles. The summed E-state index contributed by atoms with van der Waals surface area (Å²) >= 11 is 0. The van der Waals surface area contributed by atoms with Crippen LogP contribution in [0, 0.1) is 0 Å². The minimum absolute atomic E-state index is 0.273. The molecule has 0 atom stereocenters. The van der Waals surface area contributed by atoms with Crippen LogP contribution in [0.5, 0.6) is 11.6 Å². The molecule has 1 aliphatic heterocycles. The molecule has 2 heterocycles. The summed E-state index contributed by atoms with van der Waals surface area (Å²) in [6.07, 6.45) is 0. The topological polar surface area (TPSA) is 43.4 Å². The summed E-state index contributed by atoms with van der Waals surface area (Å²) < 4.78 is 10.2. The standard InChI is InChI=1S/C7H8N2O2/c1-8-6-3-2-5-7(9-6)11-4-10-5/h2-3H,4H2,1H3,(H,8,9). The Morgan fingerprint density at radius 1 is 1.45 bits per heavy atom. The minimum atomic E-state index is 0.273. The van der Waals surface area contributed by atoms with Crippen LogP contribution in [-0.2, 0) is 0 Å². The monoisotopic (exact) mass is 152 g/mol. The molecular weight excluding hydrogens is 144 g/mol. The van der Waals surface area contributed by atoms with Crippen LogP contribution in [0.15, 0.2) is 12.1 Å². The van der Waals surface area contributed by atoms with Crippen LogP contribution in [0.2, 0.25) is 0 Å². The Kier molecular flexibility index (Phi) is 1.31. The van der Waals surface area contributed by atoms with Crippen molar-refractivity contribution < 1.29 is 9.47 Å². The van der Waals surface area contributed by atoms with E-state index < -0.39 is 0 Å². The molecule has 58 valence electrons. The van der Waals surface area contributed by atoms with Gasteiger partial charge in [0.1, 0.15) is 5.82 Å². The van der Waals surface area contributed by atoms with Gasteiger partial charge in [-0.2, -0.15) is 4.98 Å². The average molecular weight is 152 g/mol. The zero-order valence-electron chi connectivity index (χ0n) is 6.13. The molecule has 4 heteroatoms. The predicted molar refractivity (Wildman–Crippen MR) is 39.9 cm³/mol. The Bertz CT molecular complexity index is 275. The van der Waals surface area contributed by atoms with Crippen LogP contribution < -0.4 is 14.8 Å². The first-order valence-electron chi connectivity index (χ1n) is 3.34. The van der Waals surface area contributed by atoms with Gasteiger partial charge in [0.25, 0.3) is 5.88 Å². The first-order chi connectivity index (χ1) is 5.40. The van der Waals surface area contributed by atoms with Gasteiger partial charge in [0, 0.05) is 7.05 Å². The molecule has 0 saturated heterocycles. The van der Waals surface area contributed by atoms with Crippen molar-refractivity contribution in [3.8, 4) is 11.6 Å². The number of ether oxygens (including phenoxy) is 2. The summed E-state index contributed by atoms with van der Waals surface area (Å²) in [6, 6.07) is 3.68. The molecule has 1 aromatic rings. The third-order valence-corrected chi connectivity index (χ3v) is 1.49. The lowest BCUT2D eigenvalue weighted by atomic mass is 10.4. The SMILES string of the molecule is CNc1ccc2c(n1)OCO2. The number of nitrogens with zero attached hydrogens (tertiary/aromatic N) is 1. The highest BCUT2D eigenvalue weighted by Gasteiger charge is 2.14. The van der Waals surface area contributed by atoms with Gasteiger partial charge in [0.05, 0.1) is 0 Å². The number of hydrogen-bond acceptors (Lipinski definition) is 4. The highest BCUT2D eigenvalue weighted by molar-refractivity contribution is 5.45. The number of pyridine rings is 1. The van der Waals surface area contributed by atoms with Crippen LogP contribution in [0.25, 0.3) is 0 Å². The maximum Gasteiger partial charge on any atom is 0.262 e. The number of rotatable bonds is 1. The van der Waals surface area contributed by atoms with E-state index in [1.54, 1.807) is 0 Å². The summed E-state index contributed by atoms with van der Waals surface area (Å²) in [4.78, 5) is 4.11. The fraction of sp³-hybridized carbons (Fsp3) is 0.286. The van der Waals surface area contributed by atoms with Crippen LogP contribution in [-0.4, -0.2) is 18.8 Å². The van der Waals surface area contributed by atoms with Crippen molar-refractivity contribution in [2.45, 2.75) is 0 Å². The predicted octanol–water partition coefficient (Wildman–Crippen LogP) is 0.852. The molecule has 1 aromatic heterocycles. The van der Waals surface area contributed by atoms with Gasteiger partial charge in [-0.05, 0) is 12.1 Å². The highest BCUT2D eigenvalue weighted by Crippen LogP contribution is 2.30. The lowest BCUT2D eigenvalue weighted by Crippen LogP contribution is -1.94. The molecular formula is C7H8N2O2. The highest BCUT2D eigenvalue weighted by atomic mass is 16.7. The zero-order valence-corrected chi connectivity index (χ0v) is 6.13. The van der Waals surface area contributed by atoms with Crippen molar-refractivity contribution in [2.75, 3.05) is 19.2 Å². The largest absolute Gasteiger partial charge is 0.452 e. The molecule has 0 unspecified atom stereocenters. The second-order valence-corrected chi connectivity index (χ2v) is 2.16. The normalized spacial score (nSPS) is 13.2. The van der Waals surface area contributed by atoms with Crippen molar-refractivity contribution >= 4 is 5.82 Å². The lowest BCUT2D eigenvalue weighted by Gasteiger charge is -1.98. The third kappa shape index (κ3) is 0.960. The molecule has 11 heavy (non-hydrogen) atoms. The molecule has 0 radical (unpaired) electrons. The van der Waals surface area contributed by atoms with Crippen LogP contribution in [0.4, 0.5) is 5.82 Å². The second-order valence-electron chi connectivity index (χ2n) is 2.16. The van der Waals surface area contributed by atoms with Gasteiger partial charge in [0.15, 0.2) is 5.75 Å². The van der Waals surface area contributed by atoms with Gasteiger partial charge in [-0.25, -0.2) is 0 Å². The van der Waals surface area contributed by atoms with Crippen LogP contribution in [0.1, 0.15) is 0 Å². The maximum atomic E-state index is 5.09. The van der Waals surface area contributed by atoms with Crippen molar-refractivity contribution in [2.24, 2.45) is 0 Å². The molecule has 1 N–H and O–H groups in total. The van der Waals surface area contributed by atoms with Gasteiger partial charge in [-0.15, -0.1) is 0 Å². The van der Waals surface area contributed by atoms with E-state index in [1.807, 2.05) is 19.2 Å². The van der Waals surface area contributed by atoms with E-state index in [-0.39, 0.29) is 6.79 Å². The van der Waals surface area contributed by atoms with Crippen molar-refractivity contribution in [1.82, 2.24) is 4.98 Å². The number of anilines is 1. The number of fused-ring (bicyclic) bond motifs is 1. The van der Waals surface area contributed by atoms with Gasteiger partial charge in [-0.3, -0.25) is 0 Å². The van der Waals surface area contributed by atoms with E-state index in [4.69, 9.17) is 9.47 Å². The fourth-order valence-corrected chi connectivity index (χ4v) is 0.929. The summed E-state index contributed by atoms with van der Waals surface area (Å²) in [5.74, 6) is 2.06. The van der Waals surface area contributed by atoms with Crippen molar-refractivity contribution in [1.29, 1.82) is 0 Å². The summed E-state index contributed by atoms with van der Waals surface area (Å²) in [7, 11) is 1.81.